The highest BCUT2D eigenvalue weighted by Crippen LogP contribution is 2.27. The Balaban J connectivity index is 1.92. The summed E-state index contributed by atoms with van der Waals surface area (Å²) >= 11 is 0. The van der Waals surface area contributed by atoms with Gasteiger partial charge in [0.25, 0.3) is 5.91 Å². The van der Waals surface area contributed by atoms with Gasteiger partial charge >= 0.3 is 0 Å². The summed E-state index contributed by atoms with van der Waals surface area (Å²) in [5.74, 6) is 1.46. The first-order valence-electron chi connectivity index (χ1n) is 8.29. The first kappa shape index (κ1) is 18.2. The molecule has 1 heterocycles. The summed E-state index contributed by atoms with van der Waals surface area (Å²) < 4.78 is 10.5. The van der Waals surface area contributed by atoms with Gasteiger partial charge in [0.1, 0.15) is 11.5 Å². The molecule has 7 nitrogen and oxygen atoms in total. The van der Waals surface area contributed by atoms with Crippen molar-refractivity contribution in [3.05, 3.63) is 60.3 Å². The lowest BCUT2D eigenvalue weighted by molar-refractivity contribution is 0.0960. The van der Waals surface area contributed by atoms with Crippen LogP contribution in [-0.2, 0) is 0 Å². The van der Waals surface area contributed by atoms with E-state index in [1.165, 1.54) is 7.11 Å². The summed E-state index contributed by atoms with van der Waals surface area (Å²) in [6, 6.07) is 14.6. The largest absolute Gasteiger partial charge is 0.497 e. The van der Waals surface area contributed by atoms with Crippen LogP contribution in [0.1, 0.15) is 10.4 Å². The molecule has 2 N–H and O–H groups in total. The van der Waals surface area contributed by atoms with Crippen molar-refractivity contribution in [2.75, 3.05) is 26.6 Å². The van der Waals surface area contributed by atoms with E-state index in [1.54, 1.807) is 38.6 Å². The lowest BCUT2D eigenvalue weighted by Gasteiger charge is -2.11. The predicted octanol–water partition coefficient (Wildman–Crippen LogP) is 3.26. The maximum absolute atomic E-state index is 12.1. The quantitative estimate of drug-likeness (QED) is 0.698. The molecule has 1 amide bonds. The zero-order chi connectivity index (χ0) is 19.2. The monoisotopic (exact) mass is 364 g/mol. The molecule has 0 spiro atoms. The van der Waals surface area contributed by atoms with Gasteiger partial charge in [-0.3, -0.25) is 4.79 Å². The number of amides is 1. The normalized spacial score (nSPS) is 10.2. The second-order valence-corrected chi connectivity index (χ2v) is 5.62. The molecule has 3 aromatic rings. The van der Waals surface area contributed by atoms with Crippen LogP contribution in [0.4, 0.5) is 11.6 Å². The number of benzene rings is 2. The second-order valence-electron chi connectivity index (χ2n) is 5.62. The Labute approximate surface area is 157 Å². The molecule has 0 aliphatic rings. The molecule has 7 heteroatoms. The van der Waals surface area contributed by atoms with Crippen LogP contribution in [0.3, 0.4) is 0 Å². The number of nitrogens with one attached hydrogen (secondary N) is 2. The molecular weight excluding hydrogens is 344 g/mol. The van der Waals surface area contributed by atoms with E-state index in [1.807, 2.05) is 30.3 Å². The third-order valence-electron chi connectivity index (χ3n) is 3.95. The van der Waals surface area contributed by atoms with Crippen LogP contribution < -0.4 is 20.1 Å². The van der Waals surface area contributed by atoms with Gasteiger partial charge in [0.2, 0.25) is 5.95 Å². The maximum Gasteiger partial charge on any atom is 0.254 e. The van der Waals surface area contributed by atoms with E-state index in [2.05, 4.69) is 20.6 Å². The topological polar surface area (TPSA) is 85.4 Å². The maximum atomic E-state index is 12.1. The molecule has 0 aliphatic carbocycles. The van der Waals surface area contributed by atoms with E-state index < -0.39 is 0 Å². The van der Waals surface area contributed by atoms with Crippen LogP contribution in [0, 0.1) is 0 Å². The minimum atomic E-state index is -0.225. The van der Waals surface area contributed by atoms with Crippen molar-refractivity contribution in [1.29, 1.82) is 0 Å². The number of rotatable bonds is 6. The number of hydrogen-bond acceptors (Lipinski definition) is 6. The Kier molecular flexibility index (Phi) is 5.51. The second kappa shape index (κ2) is 8.18. The Hall–Kier alpha value is -3.61. The SMILES string of the molecule is CNC(=O)c1cc(-c2ccnc(Nc3cccc(OC)c3)n2)ccc1OC. The first-order valence-corrected chi connectivity index (χ1v) is 8.29. The molecule has 0 saturated carbocycles. The molecule has 1 aromatic heterocycles. The van der Waals surface area contributed by atoms with E-state index in [0.717, 1.165) is 17.0 Å². The molecule has 0 aliphatic heterocycles. The van der Waals surface area contributed by atoms with Crippen molar-refractivity contribution >= 4 is 17.5 Å². The van der Waals surface area contributed by atoms with E-state index in [0.29, 0.717) is 23.0 Å². The van der Waals surface area contributed by atoms with Crippen LogP contribution in [-0.4, -0.2) is 37.1 Å². The molecule has 138 valence electrons. The zero-order valence-electron chi connectivity index (χ0n) is 15.3. The Morgan fingerprint density at radius 1 is 1.04 bits per heavy atom. The lowest BCUT2D eigenvalue weighted by atomic mass is 10.1. The van der Waals surface area contributed by atoms with Gasteiger partial charge in [0.05, 0.1) is 25.5 Å². The van der Waals surface area contributed by atoms with Gasteiger partial charge in [-0.05, 0) is 36.4 Å². The van der Waals surface area contributed by atoms with Crippen molar-refractivity contribution < 1.29 is 14.3 Å². The van der Waals surface area contributed by atoms with Crippen LogP contribution in [0.25, 0.3) is 11.3 Å². The van der Waals surface area contributed by atoms with E-state index in [4.69, 9.17) is 9.47 Å². The number of ether oxygens (including phenoxy) is 2. The van der Waals surface area contributed by atoms with Crippen molar-refractivity contribution in [2.24, 2.45) is 0 Å². The van der Waals surface area contributed by atoms with Gasteiger partial charge in [0, 0.05) is 30.6 Å². The third kappa shape index (κ3) is 4.14. The summed E-state index contributed by atoms with van der Waals surface area (Å²) in [5, 5.41) is 5.77. The Morgan fingerprint density at radius 2 is 1.89 bits per heavy atom. The molecule has 3 rings (SSSR count). The van der Waals surface area contributed by atoms with E-state index in [-0.39, 0.29) is 5.91 Å². The molecule has 0 saturated heterocycles. The van der Waals surface area contributed by atoms with Gasteiger partial charge in [-0.25, -0.2) is 9.97 Å². The molecule has 0 unspecified atom stereocenters. The number of carbonyl (C=O) groups is 1. The fourth-order valence-corrected chi connectivity index (χ4v) is 2.59. The molecule has 2 aromatic carbocycles. The molecule has 0 radical (unpaired) electrons. The van der Waals surface area contributed by atoms with Gasteiger partial charge < -0.3 is 20.1 Å². The average molecular weight is 364 g/mol. The first-order chi connectivity index (χ1) is 13.1. The third-order valence-corrected chi connectivity index (χ3v) is 3.95. The number of carbonyl (C=O) groups excluding carboxylic acids is 1. The highest BCUT2D eigenvalue weighted by molar-refractivity contribution is 5.98. The van der Waals surface area contributed by atoms with Crippen LogP contribution >= 0.6 is 0 Å². The summed E-state index contributed by atoms with van der Waals surface area (Å²) in [4.78, 5) is 20.9. The number of anilines is 2. The fourth-order valence-electron chi connectivity index (χ4n) is 2.59. The van der Waals surface area contributed by atoms with E-state index >= 15 is 0 Å². The fraction of sp³-hybridized carbons (Fsp3) is 0.150. The zero-order valence-corrected chi connectivity index (χ0v) is 15.3. The minimum absolute atomic E-state index is 0.225. The standard InChI is InChI=1S/C20H20N4O3/c1-21-19(25)16-11-13(7-8-18(16)27-3)17-9-10-22-20(24-17)23-14-5-4-6-15(12-14)26-2/h4-12H,1-3H3,(H,21,25)(H,22,23,24). The van der Waals surface area contributed by atoms with Crippen molar-refractivity contribution in [3.8, 4) is 22.8 Å². The summed E-state index contributed by atoms with van der Waals surface area (Å²) in [7, 11) is 4.72. The van der Waals surface area contributed by atoms with Gasteiger partial charge in [-0.2, -0.15) is 0 Å². The Morgan fingerprint density at radius 3 is 2.63 bits per heavy atom. The molecule has 0 bridgehead atoms. The Bertz CT molecular complexity index is 959. The van der Waals surface area contributed by atoms with Gasteiger partial charge in [-0.15, -0.1) is 0 Å². The molecular formula is C20H20N4O3. The average Bonchev–Trinajstić information content (AvgIpc) is 2.73. The molecule has 0 fully saturated rings. The predicted molar refractivity (Wildman–Crippen MR) is 104 cm³/mol. The van der Waals surface area contributed by atoms with Gasteiger partial charge in [-0.1, -0.05) is 6.07 Å². The molecule has 27 heavy (non-hydrogen) atoms. The van der Waals surface area contributed by atoms with E-state index in [9.17, 15) is 4.79 Å². The summed E-state index contributed by atoms with van der Waals surface area (Å²) in [5.41, 5.74) is 2.72. The highest BCUT2D eigenvalue weighted by Gasteiger charge is 2.13. The summed E-state index contributed by atoms with van der Waals surface area (Å²) in [6.07, 6.45) is 1.66. The van der Waals surface area contributed by atoms with Crippen molar-refractivity contribution in [2.45, 2.75) is 0 Å². The molecule has 0 atom stereocenters. The van der Waals surface area contributed by atoms with Crippen LogP contribution in [0.2, 0.25) is 0 Å². The van der Waals surface area contributed by atoms with Crippen molar-refractivity contribution in [1.82, 2.24) is 15.3 Å². The number of aromatic nitrogens is 2. The van der Waals surface area contributed by atoms with Crippen LogP contribution in [0.15, 0.2) is 54.7 Å². The number of hydrogen-bond donors (Lipinski definition) is 2. The van der Waals surface area contributed by atoms with Gasteiger partial charge in [0.15, 0.2) is 0 Å². The lowest BCUT2D eigenvalue weighted by Crippen LogP contribution is -2.18. The van der Waals surface area contributed by atoms with Crippen LogP contribution in [0.5, 0.6) is 11.5 Å². The minimum Gasteiger partial charge on any atom is -0.497 e. The smallest absolute Gasteiger partial charge is 0.254 e. The number of nitrogens with zero attached hydrogens (tertiary/aromatic N) is 2. The summed E-state index contributed by atoms with van der Waals surface area (Å²) in [6.45, 7) is 0. The number of methoxy groups -OCH3 is 2. The van der Waals surface area contributed by atoms with Crippen molar-refractivity contribution in [3.63, 3.8) is 0 Å². The highest BCUT2D eigenvalue weighted by atomic mass is 16.5.